The molecule has 1 aromatic heterocycles. The van der Waals surface area contributed by atoms with Crippen LogP contribution in [0, 0.1) is 6.92 Å². The van der Waals surface area contributed by atoms with E-state index in [0.717, 1.165) is 31.7 Å². The summed E-state index contributed by atoms with van der Waals surface area (Å²) in [6, 6.07) is 21.3. The molecular formula is C24H24N2O2. The van der Waals surface area contributed by atoms with Gasteiger partial charge in [-0.15, -0.1) is 0 Å². The van der Waals surface area contributed by atoms with E-state index in [1.165, 1.54) is 22.4 Å². The van der Waals surface area contributed by atoms with Crippen LogP contribution < -0.4 is 9.64 Å². The molecule has 2 aromatic carbocycles. The predicted molar refractivity (Wildman–Crippen MR) is 111 cm³/mol. The molecular weight excluding hydrogens is 348 g/mol. The number of aryl methyl sites for hydroxylation is 1. The normalized spacial score (nSPS) is 21.0. The third-order valence-electron chi connectivity index (χ3n) is 5.47. The largest absolute Gasteiger partial charge is 0.472 e. The van der Waals surface area contributed by atoms with Gasteiger partial charge in [-0.05, 0) is 35.7 Å². The Morgan fingerprint density at radius 1 is 1.04 bits per heavy atom. The summed E-state index contributed by atoms with van der Waals surface area (Å²) >= 11 is 0. The number of rotatable bonds is 5. The van der Waals surface area contributed by atoms with Crippen molar-refractivity contribution in [1.82, 2.24) is 4.98 Å². The first-order valence-corrected chi connectivity index (χ1v) is 9.91. The average Bonchev–Trinajstić information content (AvgIpc) is 3.49. The summed E-state index contributed by atoms with van der Waals surface area (Å²) in [6.45, 7) is 4.71. The number of anilines is 1. The van der Waals surface area contributed by atoms with Crippen molar-refractivity contribution >= 4 is 5.69 Å². The molecule has 2 fully saturated rings. The minimum atomic E-state index is 0.164. The molecule has 0 amide bonds. The number of ether oxygens (including phenoxy) is 2. The van der Waals surface area contributed by atoms with Crippen LogP contribution in [0.1, 0.15) is 23.7 Å². The van der Waals surface area contributed by atoms with Gasteiger partial charge in [0.1, 0.15) is 12.2 Å². The predicted octanol–water partition coefficient (Wildman–Crippen LogP) is 4.79. The molecule has 2 aliphatic heterocycles. The maximum Gasteiger partial charge on any atom is 0.213 e. The van der Waals surface area contributed by atoms with Crippen molar-refractivity contribution in [2.24, 2.45) is 0 Å². The average molecular weight is 372 g/mol. The summed E-state index contributed by atoms with van der Waals surface area (Å²) in [4.78, 5) is 6.80. The van der Waals surface area contributed by atoms with E-state index < -0.39 is 0 Å². The Balaban J connectivity index is 1.35. The summed E-state index contributed by atoms with van der Waals surface area (Å²) in [5, 5.41) is 0. The maximum atomic E-state index is 6.11. The quantitative estimate of drug-likeness (QED) is 0.604. The minimum absolute atomic E-state index is 0.164. The topological polar surface area (TPSA) is 37.9 Å². The zero-order valence-electron chi connectivity index (χ0n) is 16.0. The number of nitrogens with zero attached hydrogens (tertiary/aromatic N) is 2. The molecule has 5 rings (SSSR count). The number of hydrogen-bond acceptors (Lipinski definition) is 4. The van der Waals surface area contributed by atoms with Crippen LogP contribution >= 0.6 is 0 Å². The fourth-order valence-corrected chi connectivity index (χ4v) is 3.88. The number of benzene rings is 2. The second-order valence-electron chi connectivity index (χ2n) is 7.61. The lowest BCUT2D eigenvalue weighted by molar-refractivity contribution is 0.216. The standard InChI is InChI=1S/C24H24N2O2/c1-17-7-10-24(25-14-17)28-20-11-12-26(15-20)22-9-8-19(13-21(22)23-16-27-23)18-5-3-2-4-6-18/h2-10,13-14,20,23H,11-12,15-16H2,1H3/t20-,23?/m0/s1. The second kappa shape index (κ2) is 7.28. The highest BCUT2D eigenvalue weighted by Gasteiger charge is 2.32. The van der Waals surface area contributed by atoms with Gasteiger partial charge in [-0.25, -0.2) is 4.98 Å². The fraction of sp³-hybridized carbons (Fsp3) is 0.292. The smallest absolute Gasteiger partial charge is 0.213 e. The molecule has 0 saturated carbocycles. The van der Waals surface area contributed by atoms with E-state index in [1.54, 1.807) is 0 Å². The summed E-state index contributed by atoms with van der Waals surface area (Å²) in [5.41, 5.74) is 6.18. The van der Waals surface area contributed by atoms with Crippen LogP contribution in [0.2, 0.25) is 0 Å². The van der Waals surface area contributed by atoms with Crippen molar-refractivity contribution in [1.29, 1.82) is 0 Å². The first-order chi connectivity index (χ1) is 13.8. The van der Waals surface area contributed by atoms with E-state index in [-0.39, 0.29) is 12.2 Å². The zero-order chi connectivity index (χ0) is 18.9. The third-order valence-corrected chi connectivity index (χ3v) is 5.47. The Bertz CT molecular complexity index is 952. The molecule has 2 aliphatic rings. The van der Waals surface area contributed by atoms with Gasteiger partial charge >= 0.3 is 0 Å². The van der Waals surface area contributed by atoms with Crippen molar-refractivity contribution in [3.05, 3.63) is 78.0 Å². The molecule has 3 heterocycles. The van der Waals surface area contributed by atoms with E-state index in [0.29, 0.717) is 5.88 Å². The van der Waals surface area contributed by atoms with Crippen molar-refractivity contribution in [3.8, 4) is 17.0 Å². The van der Waals surface area contributed by atoms with Crippen LogP contribution in [-0.4, -0.2) is 30.8 Å². The van der Waals surface area contributed by atoms with Crippen LogP contribution in [0.15, 0.2) is 66.9 Å². The molecule has 4 nitrogen and oxygen atoms in total. The minimum Gasteiger partial charge on any atom is -0.472 e. The summed E-state index contributed by atoms with van der Waals surface area (Å²) in [6.07, 6.45) is 3.24. The van der Waals surface area contributed by atoms with Gasteiger partial charge in [0, 0.05) is 36.5 Å². The van der Waals surface area contributed by atoms with Crippen molar-refractivity contribution < 1.29 is 9.47 Å². The highest BCUT2D eigenvalue weighted by atomic mass is 16.6. The molecule has 4 heteroatoms. The van der Waals surface area contributed by atoms with Gasteiger partial charge in [0.15, 0.2) is 0 Å². The molecule has 1 unspecified atom stereocenters. The van der Waals surface area contributed by atoms with Gasteiger partial charge in [-0.1, -0.05) is 42.5 Å². The van der Waals surface area contributed by atoms with Crippen LogP contribution in [0.3, 0.4) is 0 Å². The monoisotopic (exact) mass is 372 g/mol. The van der Waals surface area contributed by atoms with Gasteiger partial charge in [-0.2, -0.15) is 0 Å². The lowest BCUT2D eigenvalue weighted by atomic mass is 10.00. The first-order valence-electron chi connectivity index (χ1n) is 9.91. The molecule has 28 heavy (non-hydrogen) atoms. The number of pyridine rings is 1. The van der Waals surface area contributed by atoms with Gasteiger partial charge in [-0.3, -0.25) is 0 Å². The van der Waals surface area contributed by atoms with Gasteiger partial charge in [0.05, 0.1) is 13.2 Å². The van der Waals surface area contributed by atoms with Gasteiger partial charge < -0.3 is 14.4 Å². The molecule has 142 valence electrons. The van der Waals surface area contributed by atoms with Crippen LogP contribution in [0.25, 0.3) is 11.1 Å². The summed E-state index contributed by atoms with van der Waals surface area (Å²) < 4.78 is 11.8. The lowest BCUT2D eigenvalue weighted by Gasteiger charge is -2.22. The van der Waals surface area contributed by atoms with E-state index in [9.17, 15) is 0 Å². The molecule has 0 aliphatic carbocycles. The zero-order valence-corrected chi connectivity index (χ0v) is 16.0. The Kier molecular flexibility index (Phi) is 4.49. The Morgan fingerprint density at radius 3 is 2.64 bits per heavy atom. The van der Waals surface area contributed by atoms with Crippen LogP contribution in [0.4, 0.5) is 5.69 Å². The molecule has 0 bridgehead atoms. The van der Waals surface area contributed by atoms with E-state index in [1.807, 2.05) is 25.3 Å². The molecule has 0 spiro atoms. The van der Waals surface area contributed by atoms with Crippen LogP contribution in [-0.2, 0) is 4.74 Å². The van der Waals surface area contributed by atoms with Gasteiger partial charge in [0.25, 0.3) is 0 Å². The van der Waals surface area contributed by atoms with Crippen molar-refractivity contribution in [2.75, 3.05) is 24.6 Å². The first kappa shape index (κ1) is 17.3. The highest BCUT2D eigenvalue weighted by Crippen LogP contribution is 2.40. The van der Waals surface area contributed by atoms with Crippen LogP contribution in [0.5, 0.6) is 5.88 Å². The molecule has 0 N–H and O–H groups in total. The molecule has 0 radical (unpaired) electrons. The molecule has 2 saturated heterocycles. The lowest BCUT2D eigenvalue weighted by Crippen LogP contribution is -2.25. The molecule has 3 aromatic rings. The number of hydrogen-bond donors (Lipinski definition) is 0. The summed E-state index contributed by atoms with van der Waals surface area (Å²) in [7, 11) is 0. The number of aromatic nitrogens is 1. The van der Waals surface area contributed by atoms with Gasteiger partial charge in [0.2, 0.25) is 5.88 Å². The van der Waals surface area contributed by atoms with E-state index in [2.05, 4.69) is 58.4 Å². The molecule has 2 atom stereocenters. The van der Waals surface area contributed by atoms with Crippen molar-refractivity contribution in [3.63, 3.8) is 0 Å². The highest BCUT2D eigenvalue weighted by molar-refractivity contribution is 5.70. The Morgan fingerprint density at radius 2 is 1.89 bits per heavy atom. The Hall–Kier alpha value is -2.85. The Labute approximate surface area is 165 Å². The number of epoxide rings is 1. The van der Waals surface area contributed by atoms with E-state index >= 15 is 0 Å². The van der Waals surface area contributed by atoms with Crippen molar-refractivity contribution in [2.45, 2.75) is 25.6 Å². The second-order valence-corrected chi connectivity index (χ2v) is 7.61. The maximum absolute atomic E-state index is 6.11. The fourth-order valence-electron chi connectivity index (χ4n) is 3.88. The third kappa shape index (κ3) is 3.60. The van der Waals surface area contributed by atoms with E-state index in [4.69, 9.17) is 9.47 Å². The summed E-state index contributed by atoms with van der Waals surface area (Å²) in [5.74, 6) is 0.711. The SMILES string of the molecule is Cc1ccc(O[C@H]2CCN(c3ccc(-c4ccccc4)cc3C3CO3)C2)nc1.